The highest BCUT2D eigenvalue weighted by Gasteiger charge is 2.13. The molecule has 0 aromatic carbocycles. The van der Waals surface area contributed by atoms with Gasteiger partial charge >= 0.3 is 6.03 Å². The number of hydrogen-bond donors (Lipinski definition) is 3. The number of nitrogens with zero attached hydrogens (tertiary/aromatic N) is 4. The first-order chi connectivity index (χ1) is 7.69. The molecule has 1 rings (SSSR count). The quantitative estimate of drug-likeness (QED) is 0.360. The number of carbonyl (C=O) groups excluding carboxylic acids is 1. The fraction of sp³-hybridized carbons (Fsp3) is 0.500. The normalized spacial score (nSPS) is 9.94. The maximum atomic E-state index is 11.1. The van der Waals surface area contributed by atoms with Gasteiger partial charge in [0.15, 0.2) is 0 Å². The van der Waals surface area contributed by atoms with Crippen molar-refractivity contribution in [1.29, 1.82) is 0 Å². The summed E-state index contributed by atoms with van der Waals surface area (Å²) in [5.41, 5.74) is 1.89. The third-order valence-electron chi connectivity index (χ3n) is 1.92. The predicted octanol–water partition coefficient (Wildman–Crippen LogP) is -0.522. The first-order valence-electron chi connectivity index (χ1n) is 4.92. The smallest absolute Gasteiger partial charge is 0.274 e. The van der Waals surface area contributed by atoms with Gasteiger partial charge in [-0.1, -0.05) is 13.3 Å². The van der Waals surface area contributed by atoms with E-state index in [1.807, 2.05) is 5.43 Å². The topological polar surface area (TPSA) is 123 Å². The molecular weight excluding hydrogens is 210 g/mol. The van der Waals surface area contributed by atoms with Crippen LogP contribution in [0, 0.1) is 0 Å². The molecule has 0 bridgehead atoms. The van der Waals surface area contributed by atoms with E-state index < -0.39 is 6.03 Å². The molecule has 0 unspecified atom stereocenters. The minimum Gasteiger partial charge on any atom is -0.274 e. The second kappa shape index (κ2) is 5.93. The average Bonchev–Trinajstić information content (AvgIpc) is 2.34. The van der Waals surface area contributed by atoms with Crippen LogP contribution in [0.5, 0.6) is 0 Å². The lowest BCUT2D eigenvalue weighted by molar-refractivity contribution is 0.246. The molecule has 0 saturated heterocycles. The number of nitrogens with two attached hydrogens (primary N) is 2. The molecule has 0 aliphatic heterocycles. The Balaban J connectivity index is 2.77. The fourth-order valence-electron chi connectivity index (χ4n) is 1.05. The molecule has 0 fully saturated rings. The van der Waals surface area contributed by atoms with E-state index in [1.165, 1.54) is 6.33 Å². The average molecular weight is 225 g/mol. The van der Waals surface area contributed by atoms with Crippen molar-refractivity contribution < 1.29 is 4.79 Å². The molecule has 1 aromatic rings. The molecule has 0 spiro atoms. The van der Waals surface area contributed by atoms with Crippen LogP contribution in [0.2, 0.25) is 0 Å². The summed E-state index contributed by atoms with van der Waals surface area (Å²) in [5.74, 6) is 11.0. The molecule has 2 amide bonds. The van der Waals surface area contributed by atoms with Gasteiger partial charge in [0.2, 0.25) is 0 Å². The molecule has 0 aliphatic rings. The first kappa shape index (κ1) is 12.3. The predicted molar refractivity (Wildman–Crippen MR) is 57.8 cm³/mol. The molecule has 0 radical (unpaired) electrons. The van der Waals surface area contributed by atoms with E-state index >= 15 is 0 Å². The van der Waals surface area contributed by atoms with Gasteiger partial charge in [-0.3, -0.25) is 5.43 Å². The Bertz CT molecular complexity index is 356. The van der Waals surface area contributed by atoms with E-state index in [0.29, 0.717) is 5.82 Å². The number of rotatable bonds is 4. The summed E-state index contributed by atoms with van der Waals surface area (Å²) in [5, 5.41) is 0.733. The number of amides is 2. The van der Waals surface area contributed by atoms with Gasteiger partial charge in [0.1, 0.15) is 12.2 Å². The largest absolute Gasteiger partial charge is 0.353 e. The molecule has 88 valence electrons. The van der Waals surface area contributed by atoms with Crippen molar-refractivity contribution in [3.05, 3.63) is 12.2 Å². The summed E-state index contributed by atoms with van der Waals surface area (Å²) in [6.45, 7) is 2.07. The molecule has 1 heterocycles. The number of nitrogens with one attached hydrogen (secondary N) is 1. The number of anilines is 1. The van der Waals surface area contributed by atoms with E-state index in [1.54, 1.807) is 0 Å². The minimum atomic E-state index is -0.687. The summed E-state index contributed by atoms with van der Waals surface area (Å²) >= 11 is 0. The fourth-order valence-corrected chi connectivity index (χ4v) is 1.05. The van der Waals surface area contributed by atoms with Crippen molar-refractivity contribution in [3.8, 4) is 0 Å². The minimum absolute atomic E-state index is 0.0732. The number of carbonyl (C=O) groups is 1. The third-order valence-corrected chi connectivity index (χ3v) is 1.92. The van der Waals surface area contributed by atoms with Crippen molar-refractivity contribution in [2.24, 2.45) is 11.7 Å². The summed E-state index contributed by atoms with van der Waals surface area (Å²) in [4.78, 5) is 22.9. The zero-order chi connectivity index (χ0) is 12.0. The Hall–Kier alpha value is -1.80. The Kier molecular flexibility index (Phi) is 4.55. The number of urea groups is 1. The monoisotopic (exact) mass is 225 g/mol. The maximum Gasteiger partial charge on any atom is 0.353 e. The van der Waals surface area contributed by atoms with E-state index in [4.69, 9.17) is 11.7 Å². The van der Waals surface area contributed by atoms with Crippen LogP contribution in [0.15, 0.2) is 6.33 Å². The second-order valence-corrected chi connectivity index (χ2v) is 3.12. The Morgan fingerprint density at radius 2 is 2.31 bits per heavy atom. The van der Waals surface area contributed by atoms with Crippen LogP contribution in [0.4, 0.5) is 10.7 Å². The molecular formula is C8H15N7O. The molecule has 1 aromatic heterocycles. The van der Waals surface area contributed by atoms with Gasteiger partial charge in [-0.25, -0.2) is 21.5 Å². The van der Waals surface area contributed by atoms with Crippen molar-refractivity contribution in [1.82, 2.24) is 20.4 Å². The van der Waals surface area contributed by atoms with Crippen molar-refractivity contribution in [2.45, 2.75) is 26.2 Å². The van der Waals surface area contributed by atoms with Crippen molar-refractivity contribution >= 4 is 12.0 Å². The zero-order valence-corrected chi connectivity index (χ0v) is 9.05. The Morgan fingerprint density at radius 1 is 1.56 bits per heavy atom. The van der Waals surface area contributed by atoms with Crippen LogP contribution in [-0.2, 0) is 6.42 Å². The highest BCUT2D eigenvalue weighted by molar-refractivity contribution is 5.88. The highest BCUT2D eigenvalue weighted by atomic mass is 16.2. The summed E-state index contributed by atoms with van der Waals surface area (Å²) in [6, 6.07) is -0.687. The second-order valence-electron chi connectivity index (χ2n) is 3.12. The van der Waals surface area contributed by atoms with Crippen LogP contribution >= 0.6 is 0 Å². The molecule has 0 saturated carbocycles. The van der Waals surface area contributed by atoms with Crippen LogP contribution in [-0.4, -0.2) is 21.0 Å². The zero-order valence-electron chi connectivity index (χ0n) is 9.05. The van der Waals surface area contributed by atoms with Gasteiger partial charge in [-0.05, 0) is 6.42 Å². The Morgan fingerprint density at radius 3 is 2.94 bits per heavy atom. The van der Waals surface area contributed by atoms with Gasteiger partial charge in [0, 0.05) is 6.42 Å². The van der Waals surface area contributed by atoms with Gasteiger partial charge in [0.25, 0.3) is 5.95 Å². The lowest BCUT2D eigenvalue weighted by Crippen LogP contribution is -2.48. The molecule has 5 N–H and O–H groups in total. The van der Waals surface area contributed by atoms with E-state index in [9.17, 15) is 4.79 Å². The molecule has 8 nitrogen and oxygen atoms in total. The van der Waals surface area contributed by atoms with Gasteiger partial charge in [-0.2, -0.15) is 15.0 Å². The Labute approximate surface area is 93.0 Å². The van der Waals surface area contributed by atoms with Gasteiger partial charge < -0.3 is 0 Å². The number of hydrogen-bond acceptors (Lipinski definition) is 6. The van der Waals surface area contributed by atoms with Crippen LogP contribution < -0.4 is 22.1 Å². The lowest BCUT2D eigenvalue weighted by Gasteiger charge is -2.13. The first-order valence-corrected chi connectivity index (χ1v) is 4.92. The van der Waals surface area contributed by atoms with Crippen LogP contribution in [0.3, 0.4) is 0 Å². The molecule has 8 heteroatoms. The van der Waals surface area contributed by atoms with Crippen molar-refractivity contribution in [3.63, 3.8) is 0 Å². The van der Waals surface area contributed by atoms with Crippen LogP contribution in [0.25, 0.3) is 0 Å². The lowest BCUT2D eigenvalue weighted by atomic mass is 10.2. The third kappa shape index (κ3) is 3.11. The summed E-state index contributed by atoms with van der Waals surface area (Å²) in [7, 11) is 0. The number of aromatic nitrogens is 3. The van der Waals surface area contributed by atoms with E-state index in [2.05, 4.69) is 21.9 Å². The van der Waals surface area contributed by atoms with Gasteiger partial charge in [0.05, 0.1) is 0 Å². The molecule has 16 heavy (non-hydrogen) atoms. The number of unbranched alkanes of at least 4 members (excludes halogenated alkanes) is 1. The maximum absolute atomic E-state index is 11.1. The van der Waals surface area contributed by atoms with Gasteiger partial charge in [-0.15, -0.1) is 0 Å². The standard InChI is InChI=1S/C8H15N7O/c1-2-3-4-6-11-5-12-7(13-6)15(10)8(16)14-9/h5H,2-4,9-10H2,1H3,(H,14,16). The summed E-state index contributed by atoms with van der Waals surface area (Å²) in [6.07, 6.45) is 4.05. The molecule has 0 aliphatic carbocycles. The van der Waals surface area contributed by atoms with Crippen molar-refractivity contribution in [2.75, 3.05) is 5.01 Å². The number of aryl methyl sites for hydroxylation is 1. The SMILES string of the molecule is CCCCc1ncnc(N(N)C(=O)NN)n1. The molecule has 0 atom stereocenters. The van der Waals surface area contributed by atoms with E-state index in [-0.39, 0.29) is 5.95 Å². The number of hydrazine groups is 2. The van der Waals surface area contributed by atoms with E-state index in [0.717, 1.165) is 24.3 Å². The van der Waals surface area contributed by atoms with Crippen LogP contribution in [0.1, 0.15) is 25.6 Å². The summed E-state index contributed by atoms with van der Waals surface area (Å²) < 4.78 is 0. The highest BCUT2D eigenvalue weighted by Crippen LogP contribution is 2.04.